The van der Waals surface area contributed by atoms with Crippen LogP contribution in [0.2, 0.25) is 0 Å². The molecule has 0 spiro atoms. The molecule has 0 bridgehead atoms. The molecular formula is C28H46O3. The quantitative estimate of drug-likeness (QED) is 0.342. The Morgan fingerprint density at radius 1 is 1.10 bits per heavy atom. The summed E-state index contributed by atoms with van der Waals surface area (Å²) < 4.78 is 5.17. The van der Waals surface area contributed by atoms with E-state index in [-0.39, 0.29) is 11.5 Å². The average Bonchev–Trinajstić information content (AvgIpc) is 3.05. The third kappa shape index (κ3) is 4.20. The molecule has 0 saturated heterocycles. The standard InChI is InChI=1S/C28H46O3/c1-18(2)7-6-8-19(3)23-11-12-24-22-10-9-20-17-21(31-26(29)30)13-15-27(20,4)25(22)14-16-28(23,24)5/h9,18-19,21-25H,6-8,10-17H2,1-5H3,(H,29,30)/t19-,21-,22+,23-,24+,25+,27+,28-/m1/s1. The van der Waals surface area contributed by atoms with E-state index in [2.05, 4.69) is 40.7 Å². The molecule has 0 aliphatic heterocycles. The SMILES string of the molecule is CC(C)CCC[C@@H](C)[C@H]1CC[C@H]2[C@@H]3CC=C4C[C@H](OC(=O)O)CC[C@]4(C)[C@H]3CC[C@]12C. The van der Waals surface area contributed by atoms with Gasteiger partial charge in [0.25, 0.3) is 0 Å². The molecule has 176 valence electrons. The van der Waals surface area contributed by atoms with Gasteiger partial charge in [0, 0.05) is 6.42 Å². The van der Waals surface area contributed by atoms with Crippen molar-refractivity contribution in [1.29, 1.82) is 0 Å². The summed E-state index contributed by atoms with van der Waals surface area (Å²) in [6, 6.07) is 0. The van der Waals surface area contributed by atoms with E-state index in [1.165, 1.54) is 56.9 Å². The second kappa shape index (κ2) is 8.75. The van der Waals surface area contributed by atoms with Gasteiger partial charge in [-0.2, -0.15) is 0 Å². The minimum atomic E-state index is -1.11. The number of ether oxygens (including phenoxy) is 1. The van der Waals surface area contributed by atoms with Crippen molar-refractivity contribution < 1.29 is 14.6 Å². The van der Waals surface area contributed by atoms with E-state index in [0.717, 1.165) is 54.8 Å². The summed E-state index contributed by atoms with van der Waals surface area (Å²) in [6.45, 7) is 12.4. The summed E-state index contributed by atoms with van der Waals surface area (Å²) in [6.07, 6.45) is 15.1. The molecule has 8 atom stereocenters. The predicted octanol–water partition coefficient (Wildman–Crippen LogP) is 8.09. The van der Waals surface area contributed by atoms with Crippen LogP contribution in [0.4, 0.5) is 4.79 Å². The first-order chi connectivity index (χ1) is 14.6. The van der Waals surface area contributed by atoms with Crippen molar-refractivity contribution in [3.05, 3.63) is 11.6 Å². The molecule has 3 fully saturated rings. The minimum Gasteiger partial charge on any atom is -0.450 e. The van der Waals surface area contributed by atoms with Crippen LogP contribution in [-0.2, 0) is 4.74 Å². The zero-order valence-corrected chi connectivity index (χ0v) is 20.7. The number of hydrogen-bond donors (Lipinski definition) is 1. The van der Waals surface area contributed by atoms with Gasteiger partial charge in [0.05, 0.1) is 0 Å². The molecule has 0 aromatic heterocycles. The van der Waals surface area contributed by atoms with E-state index in [0.29, 0.717) is 5.41 Å². The van der Waals surface area contributed by atoms with Gasteiger partial charge < -0.3 is 9.84 Å². The Bertz CT molecular complexity index is 696. The van der Waals surface area contributed by atoms with Crippen LogP contribution >= 0.6 is 0 Å². The highest BCUT2D eigenvalue weighted by Gasteiger charge is 2.59. The first-order valence-corrected chi connectivity index (χ1v) is 13.2. The second-order valence-corrected chi connectivity index (χ2v) is 12.5. The highest BCUT2D eigenvalue weighted by atomic mass is 16.7. The summed E-state index contributed by atoms with van der Waals surface area (Å²) in [5.74, 6) is 5.09. The van der Waals surface area contributed by atoms with Gasteiger partial charge in [-0.1, -0.05) is 65.5 Å². The van der Waals surface area contributed by atoms with Gasteiger partial charge in [0.2, 0.25) is 0 Å². The second-order valence-electron chi connectivity index (χ2n) is 12.5. The Balaban J connectivity index is 1.47. The van der Waals surface area contributed by atoms with Crippen molar-refractivity contribution >= 4 is 6.16 Å². The Kier molecular flexibility index (Phi) is 6.54. The monoisotopic (exact) mass is 430 g/mol. The van der Waals surface area contributed by atoms with Crippen molar-refractivity contribution in [3.8, 4) is 0 Å². The summed E-state index contributed by atoms with van der Waals surface area (Å²) in [5, 5.41) is 9.05. The third-order valence-corrected chi connectivity index (χ3v) is 10.5. The molecule has 3 nitrogen and oxygen atoms in total. The molecule has 3 saturated carbocycles. The molecule has 0 aromatic rings. The Hall–Kier alpha value is -0.990. The molecular weight excluding hydrogens is 384 g/mol. The van der Waals surface area contributed by atoms with E-state index < -0.39 is 6.16 Å². The van der Waals surface area contributed by atoms with Gasteiger partial charge in [-0.15, -0.1) is 0 Å². The molecule has 4 rings (SSSR count). The molecule has 0 unspecified atom stereocenters. The van der Waals surface area contributed by atoms with E-state index in [1.54, 1.807) is 0 Å². The van der Waals surface area contributed by atoms with Crippen LogP contribution < -0.4 is 0 Å². The summed E-state index contributed by atoms with van der Waals surface area (Å²) >= 11 is 0. The van der Waals surface area contributed by atoms with E-state index >= 15 is 0 Å². The number of fused-ring (bicyclic) bond motifs is 5. The Morgan fingerprint density at radius 2 is 1.87 bits per heavy atom. The maximum atomic E-state index is 11.0. The topological polar surface area (TPSA) is 46.5 Å². The van der Waals surface area contributed by atoms with Crippen LogP contribution in [0.5, 0.6) is 0 Å². The lowest BCUT2D eigenvalue weighted by molar-refractivity contribution is -0.0601. The van der Waals surface area contributed by atoms with Gasteiger partial charge in [-0.25, -0.2) is 4.79 Å². The smallest absolute Gasteiger partial charge is 0.450 e. The maximum Gasteiger partial charge on any atom is 0.506 e. The van der Waals surface area contributed by atoms with E-state index in [4.69, 9.17) is 9.84 Å². The number of allylic oxidation sites excluding steroid dienone is 1. The molecule has 31 heavy (non-hydrogen) atoms. The van der Waals surface area contributed by atoms with E-state index in [9.17, 15) is 4.79 Å². The molecule has 0 aromatic carbocycles. The van der Waals surface area contributed by atoms with Crippen molar-refractivity contribution in [2.75, 3.05) is 0 Å². The highest BCUT2D eigenvalue weighted by Crippen LogP contribution is 2.67. The van der Waals surface area contributed by atoms with Crippen molar-refractivity contribution in [1.82, 2.24) is 0 Å². The molecule has 4 aliphatic carbocycles. The highest BCUT2D eigenvalue weighted by molar-refractivity contribution is 5.57. The fourth-order valence-corrected chi connectivity index (χ4v) is 8.90. The maximum absolute atomic E-state index is 11.0. The van der Waals surface area contributed by atoms with Crippen LogP contribution in [-0.4, -0.2) is 17.4 Å². The normalized spacial score (nSPS) is 42.9. The molecule has 1 N–H and O–H groups in total. The largest absolute Gasteiger partial charge is 0.506 e. The molecule has 0 radical (unpaired) electrons. The zero-order chi connectivity index (χ0) is 22.4. The van der Waals surface area contributed by atoms with Crippen LogP contribution in [0.3, 0.4) is 0 Å². The zero-order valence-electron chi connectivity index (χ0n) is 20.7. The van der Waals surface area contributed by atoms with Crippen LogP contribution in [0, 0.1) is 46.3 Å². The molecule has 0 heterocycles. The lowest BCUT2D eigenvalue weighted by Gasteiger charge is -2.58. The summed E-state index contributed by atoms with van der Waals surface area (Å²) in [5.41, 5.74) is 2.30. The van der Waals surface area contributed by atoms with E-state index in [1.807, 2.05) is 0 Å². The first-order valence-electron chi connectivity index (χ1n) is 13.2. The third-order valence-electron chi connectivity index (χ3n) is 10.5. The number of carbonyl (C=O) groups is 1. The molecule has 0 amide bonds. The lowest BCUT2D eigenvalue weighted by atomic mass is 9.47. The number of hydrogen-bond acceptors (Lipinski definition) is 2. The van der Waals surface area contributed by atoms with Crippen LogP contribution in [0.15, 0.2) is 11.6 Å². The van der Waals surface area contributed by atoms with Gasteiger partial charge in [-0.05, 0) is 91.3 Å². The lowest BCUT2D eigenvalue weighted by Crippen LogP contribution is -2.51. The molecule has 3 heteroatoms. The Labute approximate surface area is 190 Å². The Morgan fingerprint density at radius 3 is 2.58 bits per heavy atom. The van der Waals surface area contributed by atoms with Crippen LogP contribution in [0.1, 0.15) is 105 Å². The fraction of sp³-hybridized carbons (Fsp3) is 0.893. The van der Waals surface area contributed by atoms with Gasteiger partial charge in [-0.3, -0.25) is 0 Å². The predicted molar refractivity (Wildman–Crippen MR) is 126 cm³/mol. The van der Waals surface area contributed by atoms with Crippen LogP contribution in [0.25, 0.3) is 0 Å². The van der Waals surface area contributed by atoms with Crippen molar-refractivity contribution in [2.45, 2.75) is 111 Å². The van der Waals surface area contributed by atoms with Crippen molar-refractivity contribution in [2.24, 2.45) is 46.3 Å². The molecule has 4 aliphatic rings. The summed E-state index contributed by atoms with van der Waals surface area (Å²) in [7, 11) is 0. The number of rotatable bonds is 6. The average molecular weight is 431 g/mol. The fourth-order valence-electron chi connectivity index (χ4n) is 8.90. The van der Waals surface area contributed by atoms with Gasteiger partial charge in [0.1, 0.15) is 6.10 Å². The number of carboxylic acid groups (broad SMARTS) is 1. The first kappa shape index (κ1) is 23.2. The van der Waals surface area contributed by atoms with Crippen molar-refractivity contribution in [3.63, 3.8) is 0 Å². The van der Waals surface area contributed by atoms with Gasteiger partial charge in [0.15, 0.2) is 0 Å². The summed E-state index contributed by atoms with van der Waals surface area (Å²) in [4.78, 5) is 11.0. The van der Waals surface area contributed by atoms with Gasteiger partial charge >= 0.3 is 6.16 Å². The minimum absolute atomic E-state index is 0.134.